The van der Waals surface area contributed by atoms with Crippen molar-refractivity contribution in [2.75, 3.05) is 26.4 Å². The van der Waals surface area contributed by atoms with E-state index in [2.05, 4.69) is 33.0 Å². The van der Waals surface area contributed by atoms with Crippen LogP contribution in [-0.2, 0) is 4.74 Å². The van der Waals surface area contributed by atoms with Gasteiger partial charge in [-0.05, 0) is 32.6 Å². The van der Waals surface area contributed by atoms with Crippen LogP contribution >= 0.6 is 0 Å². The van der Waals surface area contributed by atoms with Crippen LogP contribution in [0.5, 0.6) is 0 Å². The van der Waals surface area contributed by atoms with Crippen molar-refractivity contribution in [2.24, 2.45) is 5.92 Å². The van der Waals surface area contributed by atoms with Gasteiger partial charge in [0.1, 0.15) is 0 Å². The minimum atomic E-state index is 0.0101. The topological polar surface area (TPSA) is 41.5 Å². The molecular weight excluding hydrogens is 190 g/mol. The number of aliphatic hydroxyl groups excluding tert-OH is 1. The first kappa shape index (κ1) is 14.9. The summed E-state index contributed by atoms with van der Waals surface area (Å²) in [6.07, 6.45) is 1.90. The van der Waals surface area contributed by atoms with E-state index in [0.717, 1.165) is 32.6 Å². The second kappa shape index (κ2) is 8.08. The molecule has 0 rings (SSSR count). The molecule has 0 unspecified atom stereocenters. The molecule has 0 spiro atoms. The van der Waals surface area contributed by atoms with Crippen LogP contribution in [0.25, 0.3) is 0 Å². The fourth-order valence-electron chi connectivity index (χ4n) is 1.25. The van der Waals surface area contributed by atoms with Crippen LogP contribution in [0.15, 0.2) is 0 Å². The first-order chi connectivity index (χ1) is 6.98. The van der Waals surface area contributed by atoms with Gasteiger partial charge >= 0.3 is 0 Å². The van der Waals surface area contributed by atoms with Crippen molar-refractivity contribution < 1.29 is 9.84 Å². The quantitative estimate of drug-likeness (QED) is 0.579. The van der Waals surface area contributed by atoms with E-state index in [-0.39, 0.29) is 12.1 Å². The molecule has 0 saturated heterocycles. The van der Waals surface area contributed by atoms with Gasteiger partial charge in [-0.3, -0.25) is 0 Å². The third-order valence-corrected chi connectivity index (χ3v) is 2.43. The van der Waals surface area contributed by atoms with Gasteiger partial charge in [-0.1, -0.05) is 13.8 Å². The molecule has 0 amide bonds. The van der Waals surface area contributed by atoms with Crippen LogP contribution < -0.4 is 5.32 Å². The molecule has 2 N–H and O–H groups in total. The Bertz CT molecular complexity index is 147. The Morgan fingerprint density at radius 1 is 1.27 bits per heavy atom. The fraction of sp³-hybridized carbons (Fsp3) is 1.00. The molecule has 0 aromatic rings. The maximum absolute atomic E-state index is 8.83. The molecule has 0 aliphatic heterocycles. The first-order valence-corrected chi connectivity index (χ1v) is 5.91. The average Bonchev–Trinajstić information content (AvgIpc) is 2.10. The first-order valence-electron chi connectivity index (χ1n) is 5.91. The lowest BCUT2D eigenvalue weighted by Crippen LogP contribution is -2.41. The van der Waals surface area contributed by atoms with Crippen molar-refractivity contribution >= 4 is 0 Å². The smallest absolute Gasteiger partial charge is 0.0591 e. The monoisotopic (exact) mass is 217 g/mol. The van der Waals surface area contributed by atoms with Gasteiger partial charge in [0.05, 0.1) is 6.61 Å². The SMILES string of the molecule is CC(C)CCOCCNC(C)(C)CCO. The third kappa shape index (κ3) is 10.2. The van der Waals surface area contributed by atoms with E-state index in [0.29, 0.717) is 5.92 Å². The molecule has 3 heteroatoms. The molecule has 0 aromatic carbocycles. The normalized spacial score (nSPS) is 12.4. The Labute approximate surface area is 94.2 Å². The molecule has 0 radical (unpaired) electrons. The lowest BCUT2D eigenvalue weighted by Gasteiger charge is -2.25. The zero-order valence-electron chi connectivity index (χ0n) is 10.7. The van der Waals surface area contributed by atoms with Crippen LogP contribution in [0.4, 0.5) is 0 Å². The van der Waals surface area contributed by atoms with Crippen molar-refractivity contribution in [3.8, 4) is 0 Å². The van der Waals surface area contributed by atoms with E-state index in [1.165, 1.54) is 0 Å². The Hall–Kier alpha value is -0.120. The highest BCUT2D eigenvalue weighted by Gasteiger charge is 2.14. The number of ether oxygens (including phenoxy) is 1. The predicted molar refractivity (Wildman–Crippen MR) is 64.1 cm³/mol. The Morgan fingerprint density at radius 3 is 2.47 bits per heavy atom. The number of hydrogen-bond acceptors (Lipinski definition) is 3. The van der Waals surface area contributed by atoms with Gasteiger partial charge in [0, 0.05) is 25.3 Å². The summed E-state index contributed by atoms with van der Waals surface area (Å²) in [6, 6.07) is 0. The summed E-state index contributed by atoms with van der Waals surface area (Å²) >= 11 is 0. The van der Waals surface area contributed by atoms with Crippen molar-refractivity contribution in [2.45, 2.75) is 46.1 Å². The van der Waals surface area contributed by atoms with Crippen LogP contribution in [0.3, 0.4) is 0 Å². The molecule has 0 heterocycles. The molecule has 15 heavy (non-hydrogen) atoms. The maximum Gasteiger partial charge on any atom is 0.0591 e. The summed E-state index contributed by atoms with van der Waals surface area (Å²) in [5, 5.41) is 12.2. The average molecular weight is 217 g/mol. The van der Waals surface area contributed by atoms with Gasteiger partial charge in [0.25, 0.3) is 0 Å². The fourth-order valence-corrected chi connectivity index (χ4v) is 1.25. The van der Waals surface area contributed by atoms with E-state index < -0.39 is 0 Å². The van der Waals surface area contributed by atoms with Crippen molar-refractivity contribution in [1.29, 1.82) is 0 Å². The van der Waals surface area contributed by atoms with Gasteiger partial charge in [-0.25, -0.2) is 0 Å². The van der Waals surface area contributed by atoms with E-state index >= 15 is 0 Å². The number of rotatable bonds is 9. The second-order valence-electron chi connectivity index (χ2n) is 5.08. The Kier molecular flexibility index (Phi) is 8.02. The van der Waals surface area contributed by atoms with Crippen LogP contribution in [0, 0.1) is 5.92 Å². The highest BCUT2D eigenvalue weighted by atomic mass is 16.5. The second-order valence-corrected chi connectivity index (χ2v) is 5.08. The molecule has 0 atom stereocenters. The summed E-state index contributed by atoms with van der Waals surface area (Å²) in [6.45, 7) is 11.3. The zero-order chi connectivity index (χ0) is 11.7. The summed E-state index contributed by atoms with van der Waals surface area (Å²) < 4.78 is 5.49. The van der Waals surface area contributed by atoms with Gasteiger partial charge in [-0.15, -0.1) is 0 Å². The van der Waals surface area contributed by atoms with Gasteiger partial charge in [0.15, 0.2) is 0 Å². The molecule has 0 fully saturated rings. The Balaban J connectivity index is 3.30. The van der Waals surface area contributed by atoms with Crippen molar-refractivity contribution in [3.63, 3.8) is 0 Å². The van der Waals surface area contributed by atoms with E-state index in [4.69, 9.17) is 9.84 Å². The molecule has 0 bridgehead atoms. The number of hydrogen-bond donors (Lipinski definition) is 2. The predicted octanol–water partition coefficient (Wildman–Crippen LogP) is 1.80. The number of nitrogens with one attached hydrogen (secondary N) is 1. The molecule has 3 nitrogen and oxygen atoms in total. The summed E-state index contributed by atoms with van der Waals surface area (Å²) in [5.41, 5.74) is 0.0101. The summed E-state index contributed by atoms with van der Waals surface area (Å²) in [5.74, 6) is 0.712. The molecule has 0 saturated carbocycles. The molecule has 92 valence electrons. The lowest BCUT2D eigenvalue weighted by atomic mass is 10.0. The van der Waals surface area contributed by atoms with Crippen molar-refractivity contribution in [1.82, 2.24) is 5.32 Å². The molecular formula is C12H27NO2. The summed E-state index contributed by atoms with van der Waals surface area (Å²) in [7, 11) is 0. The van der Waals surface area contributed by atoms with E-state index in [9.17, 15) is 0 Å². The minimum absolute atomic E-state index is 0.0101. The molecule has 0 aliphatic carbocycles. The van der Waals surface area contributed by atoms with Gasteiger partial charge in [-0.2, -0.15) is 0 Å². The van der Waals surface area contributed by atoms with Gasteiger partial charge in [0.2, 0.25) is 0 Å². The van der Waals surface area contributed by atoms with Crippen molar-refractivity contribution in [3.05, 3.63) is 0 Å². The minimum Gasteiger partial charge on any atom is -0.396 e. The van der Waals surface area contributed by atoms with Crippen LogP contribution in [0.1, 0.15) is 40.5 Å². The maximum atomic E-state index is 8.83. The third-order valence-electron chi connectivity index (χ3n) is 2.43. The van der Waals surface area contributed by atoms with Crippen LogP contribution in [0.2, 0.25) is 0 Å². The van der Waals surface area contributed by atoms with E-state index in [1.54, 1.807) is 0 Å². The lowest BCUT2D eigenvalue weighted by molar-refractivity contribution is 0.117. The highest BCUT2D eigenvalue weighted by molar-refractivity contribution is 4.76. The van der Waals surface area contributed by atoms with E-state index in [1.807, 2.05) is 0 Å². The molecule has 0 aromatic heterocycles. The Morgan fingerprint density at radius 2 is 1.93 bits per heavy atom. The number of aliphatic hydroxyl groups is 1. The zero-order valence-corrected chi connectivity index (χ0v) is 10.7. The largest absolute Gasteiger partial charge is 0.396 e. The highest BCUT2D eigenvalue weighted by Crippen LogP contribution is 2.06. The standard InChI is InChI=1S/C12H27NO2/c1-11(2)5-9-15-10-7-13-12(3,4)6-8-14/h11,13-14H,5-10H2,1-4H3. The molecule has 0 aliphatic rings. The van der Waals surface area contributed by atoms with Crippen LogP contribution in [-0.4, -0.2) is 37.0 Å². The van der Waals surface area contributed by atoms with Gasteiger partial charge < -0.3 is 15.2 Å². The summed E-state index contributed by atoms with van der Waals surface area (Å²) in [4.78, 5) is 0.